The summed E-state index contributed by atoms with van der Waals surface area (Å²) in [6.45, 7) is 3.73. The van der Waals surface area contributed by atoms with Crippen molar-refractivity contribution in [3.63, 3.8) is 0 Å². The Morgan fingerprint density at radius 3 is 2.57 bits per heavy atom. The van der Waals surface area contributed by atoms with Gasteiger partial charge in [-0.05, 0) is 43.2 Å². The maximum atomic E-state index is 11.0. The minimum atomic E-state index is -0.458. The van der Waals surface area contributed by atoms with Crippen molar-refractivity contribution in [3.05, 3.63) is 62.1 Å². The normalized spacial score (nSPS) is 12.0. The summed E-state index contributed by atoms with van der Waals surface area (Å²) in [5.74, 6) is 0.737. The number of nitro benzene ring substituents is 1. The Kier molecular flexibility index (Phi) is 4.59. The molecule has 1 atom stereocenters. The molecule has 0 unspecified atom stereocenters. The maximum Gasteiger partial charge on any atom is 0.311 e. The van der Waals surface area contributed by atoms with Gasteiger partial charge in [0.05, 0.1) is 4.92 Å². The minimum absolute atomic E-state index is 0.0620. The van der Waals surface area contributed by atoms with Crippen molar-refractivity contribution in [2.75, 3.05) is 0 Å². The topological polar surface area (TPSA) is 78.4 Å². The molecule has 5 nitrogen and oxygen atoms in total. The lowest BCUT2D eigenvalue weighted by atomic mass is 10.1. The highest BCUT2D eigenvalue weighted by atomic mass is 79.9. The van der Waals surface area contributed by atoms with Crippen molar-refractivity contribution in [3.8, 4) is 11.5 Å². The van der Waals surface area contributed by atoms with Crippen LogP contribution in [-0.4, -0.2) is 4.92 Å². The summed E-state index contributed by atoms with van der Waals surface area (Å²) in [7, 11) is 0. The molecule has 0 heterocycles. The molecule has 2 N–H and O–H groups in total. The van der Waals surface area contributed by atoms with E-state index in [1.54, 1.807) is 24.3 Å². The molecule has 2 rings (SSSR count). The smallest absolute Gasteiger partial charge is 0.311 e. The van der Waals surface area contributed by atoms with Crippen molar-refractivity contribution in [2.24, 2.45) is 5.73 Å². The molecule has 21 heavy (non-hydrogen) atoms. The quantitative estimate of drug-likeness (QED) is 0.651. The van der Waals surface area contributed by atoms with E-state index < -0.39 is 4.92 Å². The number of nitrogens with two attached hydrogens (primary N) is 1. The Balaban J connectivity index is 2.36. The van der Waals surface area contributed by atoms with E-state index in [4.69, 9.17) is 10.5 Å². The molecule has 0 aliphatic carbocycles. The second-order valence-corrected chi connectivity index (χ2v) is 5.66. The van der Waals surface area contributed by atoms with Crippen LogP contribution in [0.15, 0.2) is 40.9 Å². The second kappa shape index (κ2) is 6.24. The van der Waals surface area contributed by atoms with Crippen LogP contribution in [0.5, 0.6) is 11.5 Å². The molecular weight excluding hydrogens is 336 g/mol. The first-order chi connectivity index (χ1) is 9.88. The van der Waals surface area contributed by atoms with Crippen LogP contribution in [0.4, 0.5) is 5.69 Å². The summed E-state index contributed by atoms with van der Waals surface area (Å²) in [5, 5.41) is 11.0. The average molecular weight is 351 g/mol. The highest BCUT2D eigenvalue weighted by molar-refractivity contribution is 9.10. The predicted octanol–water partition coefficient (Wildman–Crippen LogP) is 4.48. The Hall–Kier alpha value is -1.92. The Morgan fingerprint density at radius 2 is 2.00 bits per heavy atom. The van der Waals surface area contributed by atoms with Crippen molar-refractivity contribution in [1.82, 2.24) is 0 Å². The van der Waals surface area contributed by atoms with Gasteiger partial charge in [-0.15, -0.1) is 0 Å². The lowest BCUT2D eigenvalue weighted by Gasteiger charge is -2.11. The van der Waals surface area contributed by atoms with Crippen LogP contribution in [0.3, 0.4) is 0 Å². The number of rotatable bonds is 4. The van der Waals surface area contributed by atoms with E-state index in [-0.39, 0.29) is 17.5 Å². The van der Waals surface area contributed by atoms with Gasteiger partial charge in [0, 0.05) is 16.6 Å². The third-order valence-electron chi connectivity index (χ3n) is 3.00. The van der Waals surface area contributed by atoms with Gasteiger partial charge in [-0.25, -0.2) is 0 Å². The van der Waals surface area contributed by atoms with Gasteiger partial charge in [0.25, 0.3) is 0 Å². The molecule has 0 aliphatic rings. The zero-order chi connectivity index (χ0) is 15.6. The molecule has 0 radical (unpaired) electrons. The molecule has 0 bridgehead atoms. The standard InChI is InChI=1S/C15H15BrN2O3/c1-9-3-6-14(18(19)20)15(7-9)21-11-4-5-12(10(2)17)13(16)8-11/h3-8,10H,17H2,1-2H3/t10-/m1/s1. The van der Waals surface area contributed by atoms with Crippen molar-refractivity contribution < 1.29 is 9.66 Å². The molecule has 2 aromatic rings. The van der Waals surface area contributed by atoms with Crippen molar-refractivity contribution >= 4 is 21.6 Å². The number of halogens is 1. The van der Waals surface area contributed by atoms with E-state index in [1.165, 1.54) is 6.07 Å². The third-order valence-corrected chi connectivity index (χ3v) is 3.69. The van der Waals surface area contributed by atoms with E-state index in [9.17, 15) is 10.1 Å². The molecule has 2 aromatic carbocycles. The first-order valence-corrected chi connectivity index (χ1v) is 7.15. The zero-order valence-corrected chi connectivity index (χ0v) is 13.3. The number of ether oxygens (including phenoxy) is 1. The van der Waals surface area contributed by atoms with Gasteiger partial charge in [0.15, 0.2) is 0 Å². The van der Waals surface area contributed by atoms with E-state index in [0.29, 0.717) is 5.75 Å². The Labute approximate surface area is 131 Å². The van der Waals surface area contributed by atoms with Crippen LogP contribution in [-0.2, 0) is 0 Å². The van der Waals surface area contributed by atoms with Gasteiger partial charge < -0.3 is 10.5 Å². The molecule has 0 spiro atoms. The first-order valence-electron chi connectivity index (χ1n) is 6.36. The fraction of sp³-hybridized carbons (Fsp3) is 0.200. The van der Waals surface area contributed by atoms with E-state index >= 15 is 0 Å². The number of hydrogen-bond donors (Lipinski definition) is 1. The third kappa shape index (κ3) is 3.59. The lowest BCUT2D eigenvalue weighted by Crippen LogP contribution is -2.05. The summed E-state index contributed by atoms with van der Waals surface area (Å²) in [6.07, 6.45) is 0. The van der Waals surface area contributed by atoms with Gasteiger partial charge in [0.2, 0.25) is 5.75 Å². The van der Waals surface area contributed by atoms with E-state index in [2.05, 4.69) is 15.9 Å². The molecular formula is C15H15BrN2O3. The number of nitrogens with zero attached hydrogens (tertiary/aromatic N) is 1. The largest absolute Gasteiger partial charge is 0.450 e. The molecule has 0 amide bonds. The van der Waals surface area contributed by atoms with Crippen LogP contribution < -0.4 is 10.5 Å². The zero-order valence-electron chi connectivity index (χ0n) is 11.7. The SMILES string of the molecule is Cc1ccc([N+](=O)[O-])c(Oc2ccc([C@@H](C)N)c(Br)c2)c1. The molecule has 0 saturated carbocycles. The summed E-state index contributed by atoms with van der Waals surface area (Å²) < 4.78 is 6.47. The average Bonchev–Trinajstić information content (AvgIpc) is 2.37. The van der Waals surface area contributed by atoms with Gasteiger partial charge in [0.1, 0.15) is 5.75 Å². The van der Waals surface area contributed by atoms with Gasteiger partial charge in [-0.3, -0.25) is 10.1 Å². The van der Waals surface area contributed by atoms with Crippen molar-refractivity contribution in [2.45, 2.75) is 19.9 Å². The Morgan fingerprint density at radius 1 is 1.29 bits per heavy atom. The number of hydrogen-bond acceptors (Lipinski definition) is 4. The van der Waals surface area contributed by atoms with Gasteiger partial charge >= 0.3 is 5.69 Å². The van der Waals surface area contributed by atoms with Crippen LogP contribution in [0.25, 0.3) is 0 Å². The molecule has 0 aliphatic heterocycles. The summed E-state index contributed by atoms with van der Waals surface area (Å²) >= 11 is 3.43. The van der Waals surface area contributed by atoms with Crippen LogP contribution >= 0.6 is 15.9 Å². The maximum absolute atomic E-state index is 11.0. The fourth-order valence-electron chi connectivity index (χ4n) is 1.92. The molecule has 0 aromatic heterocycles. The van der Waals surface area contributed by atoms with Gasteiger partial charge in [-0.1, -0.05) is 28.1 Å². The molecule has 0 saturated heterocycles. The van der Waals surface area contributed by atoms with Crippen LogP contribution in [0.2, 0.25) is 0 Å². The number of nitro groups is 1. The molecule has 6 heteroatoms. The van der Waals surface area contributed by atoms with Gasteiger partial charge in [-0.2, -0.15) is 0 Å². The fourth-order valence-corrected chi connectivity index (χ4v) is 2.64. The summed E-state index contributed by atoms with van der Waals surface area (Å²) in [5.41, 5.74) is 7.61. The highest BCUT2D eigenvalue weighted by Crippen LogP contribution is 2.34. The number of aryl methyl sites for hydroxylation is 1. The molecule has 110 valence electrons. The van der Waals surface area contributed by atoms with Crippen molar-refractivity contribution in [1.29, 1.82) is 0 Å². The summed E-state index contributed by atoms with van der Waals surface area (Å²) in [6, 6.07) is 10.00. The predicted molar refractivity (Wildman–Crippen MR) is 84.7 cm³/mol. The second-order valence-electron chi connectivity index (χ2n) is 4.80. The number of benzene rings is 2. The summed E-state index contributed by atoms with van der Waals surface area (Å²) in [4.78, 5) is 10.6. The van der Waals surface area contributed by atoms with E-state index in [0.717, 1.165) is 15.6 Å². The highest BCUT2D eigenvalue weighted by Gasteiger charge is 2.16. The van der Waals surface area contributed by atoms with Crippen LogP contribution in [0, 0.1) is 17.0 Å². The van der Waals surface area contributed by atoms with Crippen LogP contribution in [0.1, 0.15) is 24.1 Å². The Bertz CT molecular complexity index is 687. The van der Waals surface area contributed by atoms with E-state index in [1.807, 2.05) is 19.9 Å². The minimum Gasteiger partial charge on any atom is -0.450 e. The lowest BCUT2D eigenvalue weighted by molar-refractivity contribution is -0.385. The first kappa shape index (κ1) is 15.5. The monoisotopic (exact) mass is 350 g/mol. The molecule has 0 fully saturated rings.